The van der Waals surface area contributed by atoms with Crippen LogP contribution in [0.25, 0.3) is 98.4 Å². The highest BCUT2D eigenvalue weighted by molar-refractivity contribution is 6.26. The van der Waals surface area contributed by atoms with Crippen molar-refractivity contribution in [2.75, 3.05) is 0 Å². The van der Waals surface area contributed by atoms with Crippen molar-refractivity contribution in [2.24, 2.45) is 0 Å². The zero-order valence-electron chi connectivity index (χ0n) is 29.3. The van der Waals surface area contributed by atoms with Gasteiger partial charge in [0.15, 0.2) is 0 Å². The van der Waals surface area contributed by atoms with Crippen molar-refractivity contribution in [3.63, 3.8) is 0 Å². The molecule has 10 aromatic rings. The molecule has 0 spiro atoms. The lowest BCUT2D eigenvalue weighted by atomic mass is 9.85. The summed E-state index contributed by atoms with van der Waals surface area (Å²) in [5.74, 6) is 0. The van der Waals surface area contributed by atoms with Gasteiger partial charge in [0.1, 0.15) is 11.2 Å². The summed E-state index contributed by atoms with van der Waals surface area (Å²) >= 11 is 0. The SMILES string of the molecule is [2H]c1c([2H])c([2H])c2c(-c3cccc4oc5ccc(-c6cc7ccccc7c7ccccc67)cc5c34)c3ccccc3c(-c3ccccc3)c2c1[2H]. The first kappa shape index (κ1) is 22.3. The third-order valence-electron chi connectivity index (χ3n) is 9.56. The maximum Gasteiger partial charge on any atom is 0.136 e. The van der Waals surface area contributed by atoms with Crippen molar-refractivity contribution in [2.45, 2.75) is 0 Å². The lowest BCUT2D eigenvalue weighted by molar-refractivity contribution is 0.669. The van der Waals surface area contributed by atoms with E-state index < -0.39 is 0 Å². The summed E-state index contributed by atoms with van der Waals surface area (Å²) in [6.07, 6.45) is 0. The minimum absolute atomic E-state index is 0.0495. The van der Waals surface area contributed by atoms with Gasteiger partial charge in [-0.15, -0.1) is 0 Å². The van der Waals surface area contributed by atoms with Crippen molar-refractivity contribution in [3.05, 3.63) is 170 Å². The lowest BCUT2D eigenvalue weighted by Gasteiger charge is -2.18. The summed E-state index contributed by atoms with van der Waals surface area (Å²) in [4.78, 5) is 0. The van der Waals surface area contributed by atoms with Crippen LogP contribution in [0.3, 0.4) is 0 Å². The normalized spacial score (nSPS) is 13.0. The molecule has 0 aliphatic carbocycles. The van der Waals surface area contributed by atoms with Gasteiger partial charge in [0.2, 0.25) is 0 Å². The molecule has 1 heteroatoms. The van der Waals surface area contributed by atoms with E-state index in [1.165, 1.54) is 21.5 Å². The minimum atomic E-state index is -0.252. The molecule has 47 heavy (non-hydrogen) atoms. The van der Waals surface area contributed by atoms with E-state index in [0.29, 0.717) is 16.4 Å². The highest BCUT2D eigenvalue weighted by Crippen LogP contribution is 2.47. The van der Waals surface area contributed by atoms with Crippen molar-refractivity contribution in [1.29, 1.82) is 0 Å². The first-order valence-electron chi connectivity index (χ1n) is 17.9. The van der Waals surface area contributed by atoms with E-state index in [2.05, 4.69) is 84.9 Å². The van der Waals surface area contributed by atoms with E-state index in [9.17, 15) is 2.74 Å². The van der Waals surface area contributed by atoms with Crippen LogP contribution in [0.1, 0.15) is 5.48 Å². The second-order valence-corrected chi connectivity index (χ2v) is 12.1. The predicted octanol–water partition coefficient (Wildman–Crippen LogP) is 13.2. The first-order chi connectivity index (χ1) is 25.0. The molecule has 0 bridgehead atoms. The highest BCUT2D eigenvalue weighted by Gasteiger charge is 2.20. The summed E-state index contributed by atoms with van der Waals surface area (Å²) in [7, 11) is 0. The molecule has 0 N–H and O–H groups in total. The second-order valence-electron chi connectivity index (χ2n) is 12.1. The molecule has 0 saturated carbocycles. The van der Waals surface area contributed by atoms with Crippen molar-refractivity contribution in [3.8, 4) is 33.4 Å². The summed E-state index contributed by atoms with van der Waals surface area (Å²) < 4.78 is 42.7. The van der Waals surface area contributed by atoms with Crippen LogP contribution in [0.4, 0.5) is 0 Å². The van der Waals surface area contributed by atoms with Crippen LogP contribution >= 0.6 is 0 Å². The Bertz CT molecular complexity index is 3070. The smallest absolute Gasteiger partial charge is 0.136 e. The fourth-order valence-corrected chi connectivity index (χ4v) is 7.56. The topological polar surface area (TPSA) is 13.1 Å². The van der Waals surface area contributed by atoms with Crippen LogP contribution in [0.2, 0.25) is 0 Å². The van der Waals surface area contributed by atoms with E-state index >= 15 is 0 Å². The van der Waals surface area contributed by atoms with Gasteiger partial charge in [-0.05, 0) is 101 Å². The van der Waals surface area contributed by atoms with E-state index in [0.717, 1.165) is 60.5 Å². The van der Waals surface area contributed by atoms with Crippen LogP contribution in [0.5, 0.6) is 0 Å². The van der Waals surface area contributed by atoms with Gasteiger partial charge in [0.25, 0.3) is 0 Å². The number of hydrogen-bond acceptors (Lipinski definition) is 1. The Morgan fingerprint density at radius 1 is 0.383 bits per heavy atom. The summed E-state index contributed by atoms with van der Waals surface area (Å²) in [6, 6.07) is 49.0. The third kappa shape index (κ3) is 3.90. The molecule has 0 radical (unpaired) electrons. The molecule has 0 aliphatic rings. The van der Waals surface area contributed by atoms with Gasteiger partial charge in [0.05, 0.1) is 5.48 Å². The molecule has 218 valence electrons. The molecule has 0 aliphatic heterocycles. The molecule has 0 unspecified atom stereocenters. The van der Waals surface area contributed by atoms with E-state index in [4.69, 9.17) is 7.16 Å². The number of furan rings is 1. The number of rotatable bonds is 3. The van der Waals surface area contributed by atoms with Gasteiger partial charge < -0.3 is 4.42 Å². The molecular formula is C46H28O. The average Bonchev–Trinajstić information content (AvgIpc) is 3.56. The summed E-state index contributed by atoms with van der Waals surface area (Å²) in [5.41, 5.74) is 6.99. The molecule has 1 nitrogen and oxygen atoms in total. The maximum absolute atomic E-state index is 9.36. The van der Waals surface area contributed by atoms with Crippen LogP contribution in [0, 0.1) is 0 Å². The Morgan fingerprint density at radius 3 is 1.85 bits per heavy atom. The van der Waals surface area contributed by atoms with Crippen LogP contribution < -0.4 is 0 Å². The van der Waals surface area contributed by atoms with Crippen LogP contribution in [-0.2, 0) is 0 Å². The van der Waals surface area contributed by atoms with E-state index in [1.54, 1.807) is 0 Å². The highest BCUT2D eigenvalue weighted by atomic mass is 16.3. The van der Waals surface area contributed by atoms with Gasteiger partial charge >= 0.3 is 0 Å². The zero-order valence-corrected chi connectivity index (χ0v) is 25.3. The first-order valence-corrected chi connectivity index (χ1v) is 15.9. The Morgan fingerprint density at radius 2 is 1.04 bits per heavy atom. The van der Waals surface area contributed by atoms with Gasteiger partial charge in [-0.3, -0.25) is 0 Å². The largest absolute Gasteiger partial charge is 0.456 e. The molecule has 10 rings (SSSR count). The molecule has 9 aromatic carbocycles. The van der Waals surface area contributed by atoms with Crippen LogP contribution in [-0.4, -0.2) is 0 Å². The van der Waals surface area contributed by atoms with E-state index in [1.807, 2.05) is 60.7 Å². The number of benzene rings is 9. The Balaban J connectivity index is 1.35. The number of hydrogen-bond donors (Lipinski definition) is 0. The molecule has 0 fully saturated rings. The average molecular weight is 601 g/mol. The summed E-state index contributed by atoms with van der Waals surface area (Å²) in [5, 5.41) is 9.46. The second kappa shape index (κ2) is 10.2. The Labute approximate surface area is 277 Å². The van der Waals surface area contributed by atoms with Gasteiger partial charge in [-0.1, -0.05) is 145 Å². The molecule has 0 saturated heterocycles. The van der Waals surface area contributed by atoms with Gasteiger partial charge in [-0.25, -0.2) is 0 Å². The lowest BCUT2D eigenvalue weighted by Crippen LogP contribution is -1.91. The van der Waals surface area contributed by atoms with Crippen molar-refractivity contribution >= 4 is 65.0 Å². The maximum atomic E-state index is 9.36. The summed E-state index contributed by atoms with van der Waals surface area (Å²) in [6.45, 7) is 0. The zero-order chi connectivity index (χ0) is 34.4. The van der Waals surface area contributed by atoms with Gasteiger partial charge in [0, 0.05) is 10.8 Å². The molecule has 0 amide bonds. The van der Waals surface area contributed by atoms with Crippen LogP contribution in [0.15, 0.2) is 174 Å². The monoisotopic (exact) mass is 600 g/mol. The quantitative estimate of drug-likeness (QED) is 0.145. The molecule has 1 heterocycles. The molecular weight excluding hydrogens is 569 g/mol. The third-order valence-corrected chi connectivity index (χ3v) is 9.56. The number of fused-ring (bicyclic) bond motifs is 8. The fraction of sp³-hybridized carbons (Fsp3) is 0. The standard InChI is InChI=1S/C46H28O/c1-2-13-29(14-3-1)44-35-19-8-10-21-37(35)45(38-22-11-9-20-36(38)44)39-23-12-24-43-46(39)41-28-31(25-26-42(41)47-43)40-27-30-15-4-5-16-32(30)33-17-6-7-18-34(33)40/h1-28H/i8D,10D,19D,21D. The Hall–Kier alpha value is -6.18. The van der Waals surface area contributed by atoms with Crippen molar-refractivity contribution < 1.29 is 9.90 Å². The molecule has 1 aromatic heterocycles. The predicted molar refractivity (Wildman–Crippen MR) is 200 cm³/mol. The van der Waals surface area contributed by atoms with Crippen molar-refractivity contribution in [1.82, 2.24) is 0 Å². The minimum Gasteiger partial charge on any atom is -0.456 e. The van der Waals surface area contributed by atoms with E-state index in [-0.39, 0.29) is 24.2 Å². The van der Waals surface area contributed by atoms with Gasteiger partial charge in [-0.2, -0.15) is 0 Å². The fourth-order valence-electron chi connectivity index (χ4n) is 7.56. The molecule has 0 atom stereocenters. The Kier molecular flexibility index (Phi) is 4.83.